The maximum Gasteiger partial charge on any atom is 0.673 e. The summed E-state index contributed by atoms with van der Waals surface area (Å²) in [5.41, 5.74) is 5.46. The van der Waals surface area contributed by atoms with E-state index in [1.165, 1.54) is 0 Å². The highest BCUT2D eigenvalue weighted by Crippen LogP contribution is 2.22. The fourth-order valence-corrected chi connectivity index (χ4v) is 3.77. The highest BCUT2D eigenvalue weighted by Gasteiger charge is 2.20. The number of ether oxygens (including phenoxy) is 1. The van der Waals surface area contributed by atoms with Crippen LogP contribution >= 0.6 is 0 Å². The van der Waals surface area contributed by atoms with Gasteiger partial charge < -0.3 is 26.4 Å². The molecule has 0 bridgehead atoms. The molecule has 0 fully saturated rings. The van der Waals surface area contributed by atoms with Crippen LogP contribution in [-0.4, -0.2) is 13.2 Å². The van der Waals surface area contributed by atoms with Crippen LogP contribution in [0.3, 0.4) is 0 Å². The Kier molecular flexibility index (Phi) is 8.29. The van der Waals surface area contributed by atoms with Gasteiger partial charge in [-0.2, -0.15) is 0 Å². The Bertz CT molecular complexity index is 1640. The molecule has 39 heavy (non-hydrogen) atoms. The molecule has 9 heteroatoms. The van der Waals surface area contributed by atoms with E-state index in [1.807, 2.05) is 79.7 Å². The minimum atomic E-state index is -6.00. The molecule has 0 radical (unpaired) electrons. The van der Waals surface area contributed by atoms with E-state index < -0.39 is 7.25 Å². The third-order valence-corrected chi connectivity index (χ3v) is 5.61. The van der Waals surface area contributed by atoms with E-state index in [9.17, 15) is 22.1 Å². The maximum atomic E-state index is 12.4. The molecule has 1 aromatic heterocycles. The zero-order valence-electron chi connectivity index (χ0n) is 21.1. The summed E-state index contributed by atoms with van der Waals surface area (Å²) in [6.07, 6.45) is 0. The van der Waals surface area contributed by atoms with Gasteiger partial charge in [0.05, 0.1) is 17.0 Å². The van der Waals surface area contributed by atoms with Crippen molar-refractivity contribution in [2.45, 2.75) is 13.8 Å². The zero-order chi connectivity index (χ0) is 28.0. The lowest BCUT2D eigenvalue weighted by Gasteiger charge is -2.05. The Labute approximate surface area is 222 Å². The first-order valence-electron chi connectivity index (χ1n) is 12.0. The van der Waals surface area contributed by atoms with Gasteiger partial charge in [0.25, 0.3) is 0 Å². The molecule has 198 valence electrons. The van der Waals surface area contributed by atoms with E-state index in [-0.39, 0.29) is 5.97 Å². The second-order valence-electron chi connectivity index (χ2n) is 8.79. The largest absolute Gasteiger partial charge is 0.673 e. The SMILES string of the molecule is Cc1ccc(C(=O)Oc2ccc([NH+]=c3cc(-c4ccccc4)oc4ccc(C)cc34)cc2)cc1.F[B-](F)(F)F. The number of aryl methyl sites for hydroxylation is 2. The molecule has 5 aromatic rings. The Hall–Kier alpha value is -4.66. The number of rotatable bonds is 4. The first kappa shape index (κ1) is 27.4. The van der Waals surface area contributed by atoms with Crippen molar-refractivity contribution in [3.63, 3.8) is 0 Å². The van der Waals surface area contributed by atoms with Crippen molar-refractivity contribution >= 4 is 29.9 Å². The average Bonchev–Trinajstić information content (AvgIpc) is 2.90. The van der Waals surface area contributed by atoms with Crippen LogP contribution in [-0.2, 0) is 0 Å². The van der Waals surface area contributed by atoms with Gasteiger partial charge in [-0.3, -0.25) is 0 Å². The number of esters is 1. The van der Waals surface area contributed by atoms with Crippen LogP contribution in [0.4, 0.5) is 23.0 Å². The first-order valence-corrected chi connectivity index (χ1v) is 12.0. The fourth-order valence-electron chi connectivity index (χ4n) is 3.77. The lowest BCUT2D eigenvalue weighted by Crippen LogP contribution is -2.70. The van der Waals surface area contributed by atoms with Crippen LogP contribution in [0.5, 0.6) is 5.75 Å². The van der Waals surface area contributed by atoms with Gasteiger partial charge in [0.1, 0.15) is 17.1 Å². The van der Waals surface area contributed by atoms with Crippen LogP contribution in [0.25, 0.3) is 22.3 Å². The number of carbonyl (C=O) groups excluding carboxylic acids is 1. The van der Waals surface area contributed by atoms with E-state index >= 15 is 0 Å². The summed E-state index contributed by atoms with van der Waals surface area (Å²) in [6, 6.07) is 32.9. The quantitative estimate of drug-likeness (QED) is 0.123. The molecule has 0 atom stereocenters. The molecule has 0 aliphatic rings. The van der Waals surface area contributed by atoms with E-state index in [0.717, 1.165) is 44.5 Å². The molecule has 0 unspecified atom stereocenters. The van der Waals surface area contributed by atoms with Crippen molar-refractivity contribution in [1.29, 1.82) is 0 Å². The summed E-state index contributed by atoms with van der Waals surface area (Å²) in [6.45, 7) is 4.04. The normalized spacial score (nSPS) is 11.6. The van der Waals surface area contributed by atoms with Crippen molar-refractivity contribution in [3.05, 3.63) is 125 Å². The van der Waals surface area contributed by atoms with E-state index in [4.69, 9.17) is 9.15 Å². The Balaban J connectivity index is 0.000000648. The lowest BCUT2D eigenvalue weighted by atomic mass is 10.1. The number of carbonyl (C=O) groups is 1. The molecule has 0 aliphatic carbocycles. The van der Waals surface area contributed by atoms with Crippen LogP contribution in [0.2, 0.25) is 0 Å². The van der Waals surface area contributed by atoms with Crippen molar-refractivity contribution in [1.82, 2.24) is 0 Å². The monoisotopic (exact) mass is 533 g/mol. The zero-order valence-corrected chi connectivity index (χ0v) is 21.1. The molecule has 0 saturated carbocycles. The molecule has 0 spiro atoms. The van der Waals surface area contributed by atoms with Crippen LogP contribution in [0.1, 0.15) is 21.5 Å². The second kappa shape index (κ2) is 11.8. The maximum absolute atomic E-state index is 12.4. The molecule has 0 amide bonds. The minimum absolute atomic E-state index is 0.376. The molecule has 0 aliphatic heterocycles. The predicted octanol–water partition coefficient (Wildman–Crippen LogP) is 6.55. The molecule has 1 N–H and O–H groups in total. The van der Waals surface area contributed by atoms with E-state index in [2.05, 4.69) is 18.0 Å². The van der Waals surface area contributed by atoms with Crippen LogP contribution in [0, 0.1) is 13.8 Å². The summed E-state index contributed by atoms with van der Waals surface area (Å²) in [4.78, 5) is 15.9. The van der Waals surface area contributed by atoms with Gasteiger partial charge in [-0.25, -0.2) is 9.79 Å². The summed E-state index contributed by atoms with van der Waals surface area (Å²) in [5, 5.41) is 1.93. The van der Waals surface area contributed by atoms with Crippen molar-refractivity contribution in [2.24, 2.45) is 0 Å². The fraction of sp³-hybridized carbons (Fsp3) is 0.0667. The van der Waals surface area contributed by atoms with Crippen molar-refractivity contribution in [3.8, 4) is 17.1 Å². The number of hydrogen-bond acceptors (Lipinski definition) is 3. The number of hydrogen-bond donors (Lipinski definition) is 1. The summed E-state index contributed by atoms with van der Waals surface area (Å²) < 4.78 is 50.7. The topological polar surface area (TPSA) is 53.4 Å². The number of nitrogens with one attached hydrogen (secondary N) is 1. The second-order valence-corrected chi connectivity index (χ2v) is 8.79. The number of fused-ring (bicyclic) bond motifs is 1. The van der Waals surface area contributed by atoms with Crippen molar-refractivity contribution < 1.29 is 36.2 Å². The van der Waals surface area contributed by atoms with Gasteiger partial charge in [-0.15, -0.1) is 0 Å². The van der Waals surface area contributed by atoms with Gasteiger partial charge in [0, 0.05) is 17.7 Å². The smallest absolute Gasteiger partial charge is 0.456 e. The molecule has 0 saturated heterocycles. The number of halogens is 4. The molecule has 4 nitrogen and oxygen atoms in total. The Morgan fingerprint density at radius 2 is 1.38 bits per heavy atom. The van der Waals surface area contributed by atoms with Crippen molar-refractivity contribution in [2.75, 3.05) is 0 Å². The average molecular weight is 533 g/mol. The molecule has 1 heterocycles. The lowest BCUT2D eigenvalue weighted by molar-refractivity contribution is -0.400. The third kappa shape index (κ3) is 7.91. The summed E-state index contributed by atoms with van der Waals surface area (Å²) in [5.74, 6) is 0.896. The highest BCUT2D eigenvalue weighted by molar-refractivity contribution is 6.50. The van der Waals surface area contributed by atoms with Gasteiger partial charge in [-0.1, -0.05) is 59.7 Å². The van der Waals surface area contributed by atoms with Gasteiger partial charge in [-0.05, 0) is 50.2 Å². The van der Waals surface area contributed by atoms with E-state index in [0.29, 0.717) is 11.3 Å². The number of benzene rings is 4. The molecule has 5 rings (SSSR count). The third-order valence-electron chi connectivity index (χ3n) is 5.61. The van der Waals surface area contributed by atoms with Gasteiger partial charge >= 0.3 is 13.2 Å². The molecular formula is C30H24BF4NO3. The minimum Gasteiger partial charge on any atom is -0.456 e. The highest BCUT2D eigenvalue weighted by atomic mass is 19.5. The van der Waals surface area contributed by atoms with Crippen LogP contribution in [0.15, 0.2) is 108 Å². The van der Waals surface area contributed by atoms with Gasteiger partial charge in [0.2, 0.25) is 11.0 Å². The standard InChI is InChI=1S/C30H23NO3.BF4/c1-20-8-11-23(12-9-20)30(32)33-25-15-13-24(14-16-25)31-27-19-29(22-6-4-3-5-7-22)34-28-17-10-21(2)18-26(27)28;2-1(3,4)5/h3-19H,1-2H3;/q;-1/p+1. The first-order chi connectivity index (χ1) is 18.5. The predicted molar refractivity (Wildman–Crippen MR) is 143 cm³/mol. The Morgan fingerprint density at radius 3 is 2.03 bits per heavy atom. The summed E-state index contributed by atoms with van der Waals surface area (Å²) in [7, 11) is -6.00. The molecule has 4 aromatic carbocycles. The van der Waals surface area contributed by atoms with E-state index in [1.54, 1.807) is 24.3 Å². The Morgan fingerprint density at radius 1 is 0.769 bits per heavy atom. The molecular weight excluding hydrogens is 509 g/mol. The van der Waals surface area contributed by atoms with Gasteiger partial charge in [0.15, 0.2) is 0 Å². The summed E-state index contributed by atoms with van der Waals surface area (Å²) >= 11 is 0. The van der Waals surface area contributed by atoms with Crippen LogP contribution < -0.4 is 15.1 Å².